The van der Waals surface area contributed by atoms with Crippen molar-refractivity contribution in [3.05, 3.63) is 46.5 Å². The molecule has 1 aliphatic heterocycles. The van der Waals surface area contributed by atoms with Crippen molar-refractivity contribution in [3.8, 4) is 0 Å². The first kappa shape index (κ1) is 13.8. The van der Waals surface area contributed by atoms with Crippen molar-refractivity contribution in [1.82, 2.24) is 9.88 Å². The van der Waals surface area contributed by atoms with Crippen LogP contribution in [0.4, 0.5) is 5.13 Å². The first-order valence-corrected chi connectivity index (χ1v) is 7.62. The van der Waals surface area contributed by atoms with Crippen molar-refractivity contribution in [2.45, 2.75) is 19.9 Å². The van der Waals surface area contributed by atoms with E-state index < -0.39 is 0 Å². The van der Waals surface area contributed by atoms with Gasteiger partial charge in [-0.1, -0.05) is 18.2 Å². The molecule has 0 radical (unpaired) electrons. The molecule has 108 valence electrons. The number of fused-ring (bicyclic) bond motifs is 1. The summed E-state index contributed by atoms with van der Waals surface area (Å²) in [7, 11) is 0. The lowest BCUT2D eigenvalue weighted by Gasteiger charge is -2.26. The number of rotatable bonds is 4. The molecular weight excluding hydrogens is 286 g/mol. The van der Waals surface area contributed by atoms with E-state index in [0.29, 0.717) is 5.56 Å². The van der Waals surface area contributed by atoms with Gasteiger partial charge < -0.3 is 5.32 Å². The van der Waals surface area contributed by atoms with Crippen LogP contribution in [-0.4, -0.2) is 28.2 Å². The maximum atomic E-state index is 12.4. The summed E-state index contributed by atoms with van der Waals surface area (Å²) in [5.41, 5.74) is 1.43. The fraction of sp³-hybridized carbons (Fsp3) is 0.267. The van der Waals surface area contributed by atoms with Gasteiger partial charge in [0.15, 0.2) is 5.13 Å². The minimum Gasteiger partial charge on any atom is -0.362 e. The van der Waals surface area contributed by atoms with Gasteiger partial charge in [0.05, 0.1) is 13.0 Å². The maximum Gasteiger partial charge on any atom is 0.261 e. The highest BCUT2D eigenvalue weighted by Gasteiger charge is 2.30. The summed E-state index contributed by atoms with van der Waals surface area (Å²) in [6.45, 7) is 3.08. The van der Waals surface area contributed by atoms with E-state index in [1.165, 1.54) is 16.2 Å². The molecule has 5 nitrogen and oxygen atoms in total. The molecular formula is C15H15N3O2S. The van der Waals surface area contributed by atoms with Crippen LogP contribution in [0.5, 0.6) is 0 Å². The molecule has 0 saturated carbocycles. The number of amides is 2. The Kier molecular flexibility index (Phi) is 3.70. The lowest BCUT2D eigenvalue weighted by atomic mass is 9.98. The number of benzene rings is 1. The summed E-state index contributed by atoms with van der Waals surface area (Å²) in [6.07, 6.45) is 1.99. The van der Waals surface area contributed by atoms with Crippen LogP contribution in [0.25, 0.3) is 0 Å². The summed E-state index contributed by atoms with van der Waals surface area (Å²) < 4.78 is 0. The molecule has 1 aliphatic rings. The van der Waals surface area contributed by atoms with Gasteiger partial charge >= 0.3 is 0 Å². The quantitative estimate of drug-likeness (QED) is 0.880. The van der Waals surface area contributed by atoms with E-state index in [1.54, 1.807) is 12.3 Å². The number of carbonyl (C=O) groups is 2. The Balaban J connectivity index is 1.82. The lowest BCUT2D eigenvalue weighted by Crippen LogP contribution is -2.41. The highest BCUT2D eigenvalue weighted by Crippen LogP contribution is 2.24. The van der Waals surface area contributed by atoms with Gasteiger partial charge in [-0.25, -0.2) is 4.98 Å². The number of imide groups is 1. The second kappa shape index (κ2) is 5.65. The average molecular weight is 301 g/mol. The molecule has 1 aromatic heterocycles. The zero-order valence-electron chi connectivity index (χ0n) is 11.6. The van der Waals surface area contributed by atoms with E-state index in [-0.39, 0.29) is 24.8 Å². The molecule has 2 amide bonds. The summed E-state index contributed by atoms with van der Waals surface area (Å²) in [5.74, 6) is -0.377. The predicted molar refractivity (Wildman–Crippen MR) is 81.3 cm³/mol. The molecule has 0 atom stereocenters. The summed E-state index contributed by atoms with van der Waals surface area (Å²) in [5, 5.41) is 3.93. The van der Waals surface area contributed by atoms with Crippen LogP contribution in [0, 0.1) is 0 Å². The van der Waals surface area contributed by atoms with E-state index in [2.05, 4.69) is 10.3 Å². The highest BCUT2D eigenvalue weighted by molar-refractivity contribution is 7.15. The second-order valence-corrected chi connectivity index (χ2v) is 5.90. The molecule has 2 heterocycles. The highest BCUT2D eigenvalue weighted by atomic mass is 32.1. The molecule has 0 saturated heterocycles. The zero-order chi connectivity index (χ0) is 14.8. The van der Waals surface area contributed by atoms with Crippen molar-refractivity contribution in [1.29, 1.82) is 0 Å². The minimum absolute atomic E-state index is 0.155. The largest absolute Gasteiger partial charge is 0.362 e. The van der Waals surface area contributed by atoms with Crippen molar-refractivity contribution in [3.63, 3.8) is 0 Å². The first-order chi connectivity index (χ1) is 10.2. The lowest BCUT2D eigenvalue weighted by molar-refractivity contribution is -0.128. The Hall–Kier alpha value is -2.21. The third kappa shape index (κ3) is 2.67. The topological polar surface area (TPSA) is 62.3 Å². The van der Waals surface area contributed by atoms with Gasteiger partial charge in [0.2, 0.25) is 5.91 Å². The van der Waals surface area contributed by atoms with Crippen molar-refractivity contribution < 1.29 is 9.59 Å². The molecule has 0 fully saturated rings. The van der Waals surface area contributed by atoms with Gasteiger partial charge in [-0.05, 0) is 18.6 Å². The van der Waals surface area contributed by atoms with Crippen LogP contribution in [0.1, 0.15) is 27.7 Å². The fourth-order valence-electron chi connectivity index (χ4n) is 2.33. The van der Waals surface area contributed by atoms with E-state index in [9.17, 15) is 9.59 Å². The van der Waals surface area contributed by atoms with Crippen LogP contribution >= 0.6 is 11.3 Å². The van der Waals surface area contributed by atoms with Crippen LogP contribution in [0.2, 0.25) is 0 Å². The van der Waals surface area contributed by atoms with E-state index >= 15 is 0 Å². The maximum absolute atomic E-state index is 12.4. The first-order valence-electron chi connectivity index (χ1n) is 6.80. The SMILES string of the molecule is CCNc1ncc(CN2C(=O)Cc3ccccc3C2=O)s1. The Morgan fingerprint density at radius 3 is 2.95 bits per heavy atom. The zero-order valence-corrected chi connectivity index (χ0v) is 12.4. The molecule has 0 spiro atoms. The molecule has 6 heteroatoms. The number of thiazole rings is 1. The van der Waals surface area contributed by atoms with Crippen molar-refractivity contribution in [2.24, 2.45) is 0 Å². The number of nitrogens with one attached hydrogen (secondary N) is 1. The number of anilines is 1. The summed E-state index contributed by atoms with van der Waals surface area (Å²) >= 11 is 1.47. The second-order valence-electron chi connectivity index (χ2n) is 4.78. The van der Waals surface area contributed by atoms with Crippen molar-refractivity contribution in [2.75, 3.05) is 11.9 Å². The van der Waals surface area contributed by atoms with Crippen molar-refractivity contribution >= 4 is 28.3 Å². The van der Waals surface area contributed by atoms with Gasteiger partial charge in [0, 0.05) is 23.2 Å². The predicted octanol–water partition coefficient (Wildman–Crippen LogP) is 2.30. The smallest absolute Gasteiger partial charge is 0.261 e. The monoisotopic (exact) mass is 301 g/mol. The average Bonchev–Trinajstić information content (AvgIpc) is 2.91. The molecule has 21 heavy (non-hydrogen) atoms. The standard InChI is InChI=1S/C15H15N3O2S/c1-2-16-15-17-8-11(21-15)9-18-13(19)7-10-5-3-4-6-12(10)14(18)20/h3-6,8H,2,7,9H2,1H3,(H,16,17). The van der Waals surface area contributed by atoms with Gasteiger partial charge in [-0.3, -0.25) is 14.5 Å². The van der Waals surface area contributed by atoms with Gasteiger partial charge in [0.25, 0.3) is 5.91 Å². The number of nitrogens with zero attached hydrogens (tertiary/aromatic N) is 2. The van der Waals surface area contributed by atoms with Crippen LogP contribution in [0.15, 0.2) is 30.5 Å². The third-order valence-electron chi connectivity index (χ3n) is 3.33. The fourth-order valence-corrected chi connectivity index (χ4v) is 3.20. The Labute approximate surface area is 126 Å². The molecule has 2 aromatic rings. The number of hydrogen-bond acceptors (Lipinski definition) is 5. The minimum atomic E-state index is -0.222. The van der Waals surface area contributed by atoms with Gasteiger partial charge in [-0.2, -0.15) is 0 Å². The molecule has 0 unspecified atom stereocenters. The van der Waals surface area contributed by atoms with Crippen LogP contribution in [-0.2, 0) is 17.8 Å². The third-order valence-corrected chi connectivity index (χ3v) is 4.27. The number of aromatic nitrogens is 1. The van der Waals surface area contributed by atoms with Gasteiger partial charge in [-0.15, -0.1) is 11.3 Å². The van der Waals surface area contributed by atoms with Crippen LogP contribution < -0.4 is 5.32 Å². The Morgan fingerprint density at radius 1 is 1.33 bits per heavy atom. The molecule has 1 aromatic carbocycles. The summed E-state index contributed by atoms with van der Waals surface area (Å²) in [6, 6.07) is 7.27. The van der Waals surface area contributed by atoms with E-state index in [4.69, 9.17) is 0 Å². The number of carbonyl (C=O) groups excluding carboxylic acids is 2. The molecule has 0 bridgehead atoms. The van der Waals surface area contributed by atoms with Crippen LogP contribution in [0.3, 0.4) is 0 Å². The Morgan fingerprint density at radius 2 is 2.14 bits per heavy atom. The van der Waals surface area contributed by atoms with E-state index in [0.717, 1.165) is 22.1 Å². The molecule has 1 N–H and O–H groups in total. The number of hydrogen-bond donors (Lipinski definition) is 1. The van der Waals surface area contributed by atoms with Gasteiger partial charge in [0.1, 0.15) is 0 Å². The van der Waals surface area contributed by atoms with E-state index in [1.807, 2.05) is 25.1 Å². The normalized spacial score (nSPS) is 14.2. The molecule has 0 aliphatic carbocycles. The Bertz CT molecular complexity index is 696. The summed E-state index contributed by atoms with van der Waals surface area (Å²) in [4.78, 5) is 31.0. The molecule has 3 rings (SSSR count).